The molecule has 32 heavy (non-hydrogen) atoms. The Labute approximate surface area is 195 Å². The van der Waals surface area contributed by atoms with Gasteiger partial charge in [-0.3, -0.25) is 9.59 Å². The number of hydrogen-bond donors (Lipinski definition) is 0. The summed E-state index contributed by atoms with van der Waals surface area (Å²) in [4.78, 5) is 25.9. The molecule has 0 atom stereocenters. The van der Waals surface area contributed by atoms with Gasteiger partial charge in [-0.2, -0.15) is 13.2 Å². The van der Waals surface area contributed by atoms with Gasteiger partial charge in [-0.1, -0.05) is 62.2 Å². The van der Waals surface area contributed by atoms with Crippen molar-refractivity contribution < 1.29 is 27.5 Å². The van der Waals surface area contributed by atoms with Crippen molar-refractivity contribution in [1.82, 2.24) is 4.90 Å². The fourth-order valence-corrected chi connectivity index (χ4v) is 3.36. The molecule has 3 rings (SSSR count). The van der Waals surface area contributed by atoms with Crippen molar-refractivity contribution in [1.29, 1.82) is 0 Å². The fraction of sp³-hybridized carbons (Fsp3) is 0.417. The topological polar surface area (TPSA) is 46.6 Å². The Morgan fingerprint density at radius 3 is 2.16 bits per heavy atom. The summed E-state index contributed by atoms with van der Waals surface area (Å²) in [7, 11) is 1.53. The lowest BCUT2D eigenvalue weighted by atomic mass is 9.97. The molecule has 0 aliphatic carbocycles. The first-order chi connectivity index (χ1) is 15.2. The summed E-state index contributed by atoms with van der Waals surface area (Å²) >= 11 is 2.95. The number of benzene rings is 2. The van der Waals surface area contributed by atoms with Gasteiger partial charge in [0.05, 0.1) is 18.0 Å². The Bertz CT molecular complexity index is 912. The number of amides is 1. The summed E-state index contributed by atoms with van der Waals surface area (Å²) in [5, 5.41) is -0.118. The number of hydrogen-bond acceptors (Lipinski definition) is 3. The van der Waals surface area contributed by atoms with Gasteiger partial charge in [0, 0.05) is 24.2 Å². The summed E-state index contributed by atoms with van der Waals surface area (Å²) in [6.07, 6.45) is -3.40. The summed E-state index contributed by atoms with van der Waals surface area (Å²) < 4.78 is 45.5. The maximum Gasteiger partial charge on any atom is 0.416 e. The third-order valence-electron chi connectivity index (χ3n) is 4.40. The van der Waals surface area contributed by atoms with E-state index in [9.17, 15) is 22.8 Å². The highest BCUT2D eigenvalue weighted by atomic mass is 79.9. The normalized spacial score (nSPS) is 12.3. The van der Waals surface area contributed by atoms with E-state index in [2.05, 4.69) is 29.8 Å². The van der Waals surface area contributed by atoms with Crippen molar-refractivity contribution in [2.24, 2.45) is 0 Å². The number of ketones is 1. The van der Waals surface area contributed by atoms with Crippen LogP contribution in [-0.4, -0.2) is 29.0 Å². The standard InChI is InChI=1S/C19H15BrF3NO3.C3H8.C2H6/c1-27-13-4-2-11(3-5-13)9-24-10-15-14(18(24)26)6-12(17(25)8-20)7-16(15)19(21,22)23;1-3-2;1-2/h2-7H,8-10H2,1H3;3H2,1-2H3;1-2H3. The van der Waals surface area contributed by atoms with E-state index >= 15 is 0 Å². The predicted octanol–water partition coefficient (Wildman–Crippen LogP) is 6.89. The van der Waals surface area contributed by atoms with Gasteiger partial charge in [0.2, 0.25) is 0 Å². The molecule has 0 N–H and O–H groups in total. The van der Waals surface area contributed by atoms with Gasteiger partial charge < -0.3 is 9.64 Å². The number of carbonyl (C=O) groups is 2. The van der Waals surface area contributed by atoms with Crippen LogP contribution in [0.15, 0.2) is 36.4 Å². The number of alkyl halides is 4. The third kappa shape index (κ3) is 6.82. The van der Waals surface area contributed by atoms with E-state index in [0.29, 0.717) is 5.75 Å². The van der Waals surface area contributed by atoms with Gasteiger partial charge in [-0.05, 0) is 35.4 Å². The molecule has 4 nitrogen and oxygen atoms in total. The Morgan fingerprint density at radius 1 is 1.12 bits per heavy atom. The first-order valence-electron chi connectivity index (χ1n) is 10.4. The lowest BCUT2D eigenvalue weighted by Crippen LogP contribution is -2.23. The average molecular weight is 516 g/mol. The van der Waals surface area contributed by atoms with Crippen molar-refractivity contribution in [2.45, 2.75) is 53.4 Å². The molecule has 1 aliphatic heterocycles. The van der Waals surface area contributed by atoms with Crippen molar-refractivity contribution >= 4 is 27.6 Å². The summed E-state index contributed by atoms with van der Waals surface area (Å²) in [6.45, 7) is 8.26. The van der Waals surface area contributed by atoms with Crippen LogP contribution >= 0.6 is 15.9 Å². The molecule has 0 saturated carbocycles. The second-order valence-corrected chi connectivity index (χ2v) is 7.38. The van der Waals surface area contributed by atoms with Crippen LogP contribution in [0, 0.1) is 0 Å². The second-order valence-electron chi connectivity index (χ2n) is 6.82. The van der Waals surface area contributed by atoms with E-state index < -0.39 is 23.4 Å². The smallest absolute Gasteiger partial charge is 0.416 e. The monoisotopic (exact) mass is 515 g/mol. The van der Waals surface area contributed by atoms with E-state index in [1.807, 2.05) is 13.8 Å². The number of nitrogens with zero attached hydrogens (tertiary/aromatic N) is 1. The van der Waals surface area contributed by atoms with E-state index in [0.717, 1.165) is 11.6 Å². The summed E-state index contributed by atoms with van der Waals surface area (Å²) in [5.74, 6) is -0.382. The lowest BCUT2D eigenvalue weighted by Gasteiger charge is -2.16. The van der Waals surface area contributed by atoms with Crippen molar-refractivity contribution in [2.75, 3.05) is 12.4 Å². The molecule has 0 saturated heterocycles. The van der Waals surface area contributed by atoms with E-state index in [-0.39, 0.29) is 35.1 Å². The zero-order chi connectivity index (χ0) is 24.5. The average Bonchev–Trinajstić information content (AvgIpc) is 3.09. The highest BCUT2D eigenvalue weighted by Gasteiger charge is 2.40. The molecule has 0 aromatic heterocycles. The van der Waals surface area contributed by atoms with Crippen molar-refractivity contribution in [3.05, 3.63) is 64.2 Å². The number of rotatable bonds is 5. The molecule has 0 spiro atoms. The highest BCUT2D eigenvalue weighted by Crippen LogP contribution is 2.38. The molecule has 1 heterocycles. The summed E-state index contributed by atoms with van der Waals surface area (Å²) in [6, 6.07) is 9.02. The predicted molar refractivity (Wildman–Crippen MR) is 123 cm³/mol. The van der Waals surface area contributed by atoms with E-state index in [4.69, 9.17) is 4.74 Å². The van der Waals surface area contributed by atoms with Crippen molar-refractivity contribution in [3.63, 3.8) is 0 Å². The molecule has 8 heteroatoms. The number of fused-ring (bicyclic) bond motifs is 1. The van der Waals surface area contributed by atoms with Gasteiger partial charge in [0.15, 0.2) is 5.78 Å². The summed E-state index contributed by atoms with van der Waals surface area (Å²) in [5.41, 5.74) is -0.454. The Hall–Kier alpha value is -2.35. The van der Waals surface area contributed by atoms with Crippen molar-refractivity contribution in [3.8, 4) is 5.75 Å². The molecule has 2 aromatic rings. The quantitative estimate of drug-likeness (QED) is 0.321. The molecule has 1 aliphatic rings. The molecule has 0 unspecified atom stereocenters. The number of carbonyl (C=O) groups excluding carboxylic acids is 2. The van der Waals surface area contributed by atoms with E-state index in [1.54, 1.807) is 24.3 Å². The van der Waals surface area contributed by atoms with Crippen LogP contribution in [0.5, 0.6) is 5.75 Å². The number of ether oxygens (including phenoxy) is 1. The molecule has 1 amide bonds. The maximum atomic E-state index is 13.5. The van der Waals surface area contributed by atoms with E-state index in [1.165, 1.54) is 24.5 Å². The Morgan fingerprint density at radius 2 is 1.69 bits per heavy atom. The van der Waals surface area contributed by atoms with Crippen LogP contribution < -0.4 is 4.74 Å². The minimum atomic E-state index is -4.65. The molecule has 2 aromatic carbocycles. The molecule has 176 valence electrons. The molecule has 0 bridgehead atoms. The first-order valence-corrected chi connectivity index (χ1v) is 11.5. The maximum absolute atomic E-state index is 13.5. The minimum Gasteiger partial charge on any atom is -0.497 e. The van der Waals surface area contributed by atoms with Crippen LogP contribution in [0.4, 0.5) is 13.2 Å². The molecular weight excluding hydrogens is 487 g/mol. The SMILES string of the molecule is CC.CCC.COc1ccc(CN2Cc3c(cc(C(=O)CBr)cc3C(F)(F)F)C2=O)cc1. The van der Waals surface area contributed by atoms with Crippen LogP contribution in [-0.2, 0) is 19.3 Å². The number of halogens is 4. The van der Waals surface area contributed by atoms with Crippen LogP contribution in [0.2, 0.25) is 0 Å². The van der Waals surface area contributed by atoms with Gasteiger partial charge in [0.25, 0.3) is 5.91 Å². The zero-order valence-corrected chi connectivity index (χ0v) is 20.6. The number of Topliss-reactive ketones (excluding diaryl/α,β-unsaturated/α-hetero) is 1. The Balaban J connectivity index is 0.000000944. The van der Waals surface area contributed by atoms with Gasteiger partial charge >= 0.3 is 6.18 Å². The van der Waals surface area contributed by atoms with Crippen LogP contribution in [0.3, 0.4) is 0 Å². The zero-order valence-electron chi connectivity index (χ0n) is 19.0. The fourth-order valence-electron chi connectivity index (χ4n) is 3.04. The number of methoxy groups -OCH3 is 1. The van der Waals surface area contributed by atoms with Gasteiger partial charge in [0.1, 0.15) is 5.75 Å². The van der Waals surface area contributed by atoms with Crippen LogP contribution in [0.25, 0.3) is 0 Å². The van der Waals surface area contributed by atoms with Crippen LogP contribution in [0.1, 0.15) is 71.5 Å². The molecule has 0 radical (unpaired) electrons. The molecular formula is C24H29BrF3NO3. The minimum absolute atomic E-state index is 0.0670. The lowest BCUT2D eigenvalue weighted by molar-refractivity contribution is -0.138. The van der Waals surface area contributed by atoms with Gasteiger partial charge in [-0.15, -0.1) is 0 Å². The first kappa shape index (κ1) is 27.7. The third-order valence-corrected chi connectivity index (χ3v) is 4.91. The molecule has 0 fully saturated rings. The van der Waals surface area contributed by atoms with Gasteiger partial charge in [-0.25, -0.2) is 0 Å². The Kier molecular flexibility index (Phi) is 10.9. The second kappa shape index (κ2) is 12.6. The highest BCUT2D eigenvalue weighted by molar-refractivity contribution is 9.09. The largest absolute Gasteiger partial charge is 0.497 e.